The summed E-state index contributed by atoms with van der Waals surface area (Å²) < 4.78 is 46.4. The van der Waals surface area contributed by atoms with E-state index in [1.807, 2.05) is 58.2 Å². The number of carboxylic acid groups (broad SMARTS) is 1. The molecule has 20 heteroatoms. The highest BCUT2D eigenvalue weighted by Crippen LogP contribution is 2.46. The molecule has 3 aromatic heterocycles. The lowest BCUT2D eigenvalue weighted by atomic mass is 9.89. The van der Waals surface area contributed by atoms with E-state index in [1.54, 1.807) is 36.8 Å². The van der Waals surface area contributed by atoms with Gasteiger partial charge in [-0.25, -0.2) is 28.0 Å². The van der Waals surface area contributed by atoms with Gasteiger partial charge in [0.05, 0.1) is 36.3 Å². The van der Waals surface area contributed by atoms with Gasteiger partial charge in [0, 0.05) is 58.1 Å². The van der Waals surface area contributed by atoms with Gasteiger partial charge in [-0.15, -0.1) is 22.7 Å². The van der Waals surface area contributed by atoms with Crippen molar-refractivity contribution in [3.05, 3.63) is 58.1 Å². The van der Waals surface area contributed by atoms with Crippen LogP contribution in [-0.2, 0) is 35.7 Å². The molecule has 66 heavy (non-hydrogen) atoms. The van der Waals surface area contributed by atoms with Gasteiger partial charge < -0.3 is 40.2 Å². The zero-order valence-corrected chi connectivity index (χ0v) is 40.3. The fourth-order valence-corrected chi connectivity index (χ4v) is 12.5. The minimum Gasteiger partial charge on any atom is -0.497 e. The van der Waals surface area contributed by atoms with Crippen molar-refractivity contribution in [1.29, 1.82) is 0 Å². The van der Waals surface area contributed by atoms with E-state index in [9.17, 15) is 32.7 Å². The van der Waals surface area contributed by atoms with Crippen LogP contribution in [0.1, 0.15) is 84.4 Å². The summed E-state index contributed by atoms with van der Waals surface area (Å²) >= 11 is 2.80. The Morgan fingerprint density at radius 3 is 2.61 bits per heavy atom. The van der Waals surface area contributed by atoms with Gasteiger partial charge in [-0.05, 0) is 63.1 Å². The Hall–Kier alpha value is -5.31. The number of thiazole rings is 1. The third-order valence-corrected chi connectivity index (χ3v) is 16.3. The number of carbonyl (C=O) groups is 4. The molecule has 1 aliphatic carbocycles. The van der Waals surface area contributed by atoms with Crippen LogP contribution in [0.4, 0.5) is 9.93 Å². The van der Waals surface area contributed by atoms with E-state index in [4.69, 9.17) is 24.2 Å². The number of allylic oxidation sites excluding steroid dienone is 1. The standard InChI is InChI=1S/C46H57N7O10S3/c1-26(2)47-43-49-34(25-65-43)33-20-36(30-15-14-28(61-6)18-32(30)48-33)62-29-19-35-40(54)51-46(42(56)57)21-27(46)12-10-8-7-9-11-13-31(41(55)53(35)22-29)50-44(58)63-39(45(3,4)5)24-52-23-37-38(16-17-64-37)66(52,59)60/h10,12,14-18,20,25-27,29,31,35,39H,7-9,11,13,19,21-24H2,1-6H3,(H,47,49)(H,50,58)(H,51,54)(H,56,57)/b12-10-/t27?,29?,31-,35?,39+,46+/m0/s1. The molecule has 4 aliphatic rings. The summed E-state index contributed by atoms with van der Waals surface area (Å²) in [6.45, 7) is 9.59. The SMILES string of the molecule is COc1ccc2c(OC3CC4C(=O)N[C@]5(C(=O)O)CC5/C=C\CCCCC[C@H](NC(=O)O[C@H](CN5Cc6sccc6S5(=O)=O)C(C)(C)C)C(=O)N4C3)cc(-c3csc(NC(C)C)n3)nc2c1. The molecule has 17 nitrogen and oxygen atoms in total. The molecule has 1 aromatic carbocycles. The molecule has 3 unspecified atom stereocenters. The number of sulfonamides is 1. The summed E-state index contributed by atoms with van der Waals surface area (Å²) in [5, 5.41) is 24.3. The van der Waals surface area contributed by atoms with Crippen LogP contribution in [0.25, 0.3) is 22.3 Å². The van der Waals surface area contributed by atoms with E-state index < -0.39 is 75.1 Å². The van der Waals surface area contributed by atoms with E-state index in [-0.39, 0.29) is 49.8 Å². The first-order valence-corrected chi connectivity index (χ1v) is 25.5. The number of aliphatic carboxylic acids is 1. The number of alkyl carbamates (subject to hydrolysis) is 1. The highest BCUT2D eigenvalue weighted by molar-refractivity contribution is 7.89. The molecular weight excluding hydrogens is 907 g/mol. The number of carboxylic acids is 1. The predicted molar refractivity (Wildman–Crippen MR) is 250 cm³/mol. The van der Waals surface area contributed by atoms with Crippen LogP contribution < -0.4 is 25.4 Å². The monoisotopic (exact) mass is 963 g/mol. The number of nitrogens with zero attached hydrogens (tertiary/aromatic N) is 4. The molecule has 0 bridgehead atoms. The molecule has 0 spiro atoms. The largest absolute Gasteiger partial charge is 0.497 e. The number of rotatable bonds is 11. The van der Waals surface area contributed by atoms with Gasteiger partial charge in [-0.1, -0.05) is 45.8 Å². The van der Waals surface area contributed by atoms with E-state index in [0.29, 0.717) is 57.9 Å². The minimum atomic E-state index is -3.78. The maximum atomic E-state index is 15.0. The van der Waals surface area contributed by atoms with Crippen molar-refractivity contribution in [3.8, 4) is 22.9 Å². The van der Waals surface area contributed by atoms with Crippen LogP contribution in [-0.4, -0.2) is 113 Å². The van der Waals surface area contributed by atoms with Crippen molar-refractivity contribution < 1.29 is 46.9 Å². The van der Waals surface area contributed by atoms with Gasteiger partial charge in [0.1, 0.15) is 47.0 Å². The first kappa shape index (κ1) is 47.2. The van der Waals surface area contributed by atoms with Crippen molar-refractivity contribution >= 4 is 72.6 Å². The Kier molecular flexibility index (Phi) is 13.4. The maximum Gasteiger partial charge on any atom is 0.408 e. The molecule has 4 aromatic rings. The molecule has 6 atom stereocenters. The number of amides is 3. The summed E-state index contributed by atoms with van der Waals surface area (Å²) in [5.41, 5.74) is -0.496. The van der Waals surface area contributed by atoms with E-state index in [0.717, 1.165) is 11.6 Å². The zero-order chi connectivity index (χ0) is 47.1. The zero-order valence-electron chi connectivity index (χ0n) is 37.9. The smallest absolute Gasteiger partial charge is 0.408 e. The van der Waals surface area contributed by atoms with Gasteiger partial charge in [0.15, 0.2) is 5.13 Å². The molecular formula is C46H57N7O10S3. The number of benzene rings is 1. The van der Waals surface area contributed by atoms with Crippen molar-refractivity contribution in [2.75, 3.05) is 25.5 Å². The Balaban J connectivity index is 1.08. The first-order valence-electron chi connectivity index (χ1n) is 22.3. The molecule has 8 rings (SSSR count). The molecule has 354 valence electrons. The predicted octanol–water partition coefficient (Wildman–Crippen LogP) is 6.79. The normalized spacial score (nSPS) is 25.4. The number of methoxy groups -OCH3 is 1. The molecule has 6 heterocycles. The first-order chi connectivity index (χ1) is 31.4. The van der Waals surface area contributed by atoms with Crippen LogP contribution in [0.15, 0.2) is 58.1 Å². The summed E-state index contributed by atoms with van der Waals surface area (Å²) in [6.07, 6.45) is 4.38. The van der Waals surface area contributed by atoms with E-state index in [2.05, 4.69) is 16.0 Å². The summed E-state index contributed by atoms with van der Waals surface area (Å²) in [4.78, 5) is 68.1. The van der Waals surface area contributed by atoms with Crippen LogP contribution in [0.2, 0.25) is 0 Å². The Labute approximate surface area is 392 Å². The van der Waals surface area contributed by atoms with Crippen LogP contribution in [0.5, 0.6) is 11.5 Å². The Morgan fingerprint density at radius 2 is 1.88 bits per heavy atom. The third kappa shape index (κ3) is 9.87. The second-order valence-corrected chi connectivity index (χ2v) is 22.6. The number of aromatic nitrogens is 2. The van der Waals surface area contributed by atoms with Crippen molar-refractivity contribution in [2.24, 2.45) is 11.3 Å². The number of hydrogen-bond donors (Lipinski definition) is 4. The van der Waals surface area contributed by atoms with Crippen LogP contribution in [0, 0.1) is 11.3 Å². The Bertz CT molecular complexity index is 2640. The number of hydrogen-bond acceptors (Lipinski definition) is 14. The van der Waals surface area contributed by atoms with Crippen molar-refractivity contribution in [3.63, 3.8) is 0 Å². The molecule has 3 aliphatic heterocycles. The molecule has 0 radical (unpaired) electrons. The van der Waals surface area contributed by atoms with Crippen molar-refractivity contribution in [2.45, 2.75) is 127 Å². The Morgan fingerprint density at radius 1 is 1.08 bits per heavy atom. The number of ether oxygens (including phenoxy) is 3. The second kappa shape index (κ2) is 18.8. The lowest BCUT2D eigenvalue weighted by Gasteiger charge is -2.34. The van der Waals surface area contributed by atoms with Crippen LogP contribution in [0.3, 0.4) is 0 Å². The lowest BCUT2D eigenvalue weighted by molar-refractivity contribution is -0.145. The average Bonchev–Trinajstić information content (AvgIpc) is 3.73. The topological polar surface area (TPSA) is 219 Å². The number of anilines is 1. The highest BCUT2D eigenvalue weighted by Gasteiger charge is 2.61. The van der Waals surface area contributed by atoms with Gasteiger partial charge in [0.2, 0.25) is 21.8 Å². The van der Waals surface area contributed by atoms with Crippen LogP contribution >= 0.6 is 22.7 Å². The van der Waals surface area contributed by atoms with E-state index in [1.165, 1.54) is 31.9 Å². The fraction of sp³-hybridized carbons (Fsp3) is 0.522. The number of thiophene rings is 1. The lowest BCUT2D eigenvalue weighted by Crippen LogP contribution is -2.56. The van der Waals surface area contributed by atoms with E-state index >= 15 is 0 Å². The summed E-state index contributed by atoms with van der Waals surface area (Å²) in [6, 6.07) is 6.62. The van der Waals surface area contributed by atoms with Crippen molar-refractivity contribution in [1.82, 2.24) is 29.8 Å². The number of carbonyl (C=O) groups excluding carboxylic acids is 3. The number of fused-ring (bicyclic) bond motifs is 4. The van der Waals surface area contributed by atoms with Gasteiger partial charge in [-0.2, -0.15) is 4.31 Å². The fourth-order valence-electron chi connectivity index (χ4n) is 8.76. The molecule has 2 fully saturated rings. The maximum absolute atomic E-state index is 15.0. The minimum absolute atomic E-state index is 0.0152. The molecule has 3 amide bonds. The van der Waals surface area contributed by atoms with Gasteiger partial charge in [-0.3, -0.25) is 9.59 Å². The summed E-state index contributed by atoms with van der Waals surface area (Å²) in [7, 11) is -2.22. The number of nitrogens with one attached hydrogen (secondary N) is 3. The summed E-state index contributed by atoms with van der Waals surface area (Å²) in [5.74, 6) is -1.76. The van der Waals surface area contributed by atoms with Gasteiger partial charge in [0.25, 0.3) is 0 Å². The van der Waals surface area contributed by atoms with Gasteiger partial charge >= 0.3 is 12.1 Å². The second-order valence-electron chi connectivity index (χ2n) is 18.8. The quantitative estimate of drug-likeness (QED) is 0.114. The molecule has 1 saturated heterocycles. The molecule has 4 N–H and O–H groups in total. The highest BCUT2D eigenvalue weighted by atomic mass is 32.2. The third-order valence-electron chi connectivity index (χ3n) is 12.6. The number of pyridine rings is 1. The average molecular weight is 964 g/mol. The molecule has 1 saturated carbocycles.